The Morgan fingerprint density at radius 3 is 2.80 bits per heavy atom. The largest absolute Gasteiger partial charge is 0.313 e. The lowest BCUT2D eigenvalue weighted by Crippen LogP contribution is -2.36. The van der Waals surface area contributed by atoms with Crippen LogP contribution in [0, 0.1) is 11.8 Å². The van der Waals surface area contributed by atoms with Crippen LogP contribution in [-0.4, -0.2) is 28.8 Å². The van der Waals surface area contributed by atoms with Crippen molar-refractivity contribution in [1.82, 2.24) is 5.32 Å². The van der Waals surface area contributed by atoms with Gasteiger partial charge in [-0.1, -0.05) is 19.8 Å². The lowest BCUT2D eigenvalue weighted by Gasteiger charge is -2.28. The van der Waals surface area contributed by atoms with Crippen LogP contribution in [0.3, 0.4) is 0 Å². The molecule has 0 amide bonds. The molecule has 3 heteroatoms. The molecule has 2 nitrogen and oxygen atoms in total. The van der Waals surface area contributed by atoms with Crippen molar-refractivity contribution in [2.45, 2.75) is 45.6 Å². The fourth-order valence-electron chi connectivity index (χ4n) is 2.52. The van der Waals surface area contributed by atoms with Crippen molar-refractivity contribution >= 4 is 10.8 Å². The molecule has 0 bridgehead atoms. The Bertz CT molecular complexity index is 208. The van der Waals surface area contributed by atoms with Crippen molar-refractivity contribution in [3.63, 3.8) is 0 Å². The molecule has 15 heavy (non-hydrogen) atoms. The van der Waals surface area contributed by atoms with Crippen molar-refractivity contribution in [2.24, 2.45) is 11.8 Å². The molecule has 0 heterocycles. The molecule has 90 valence electrons. The van der Waals surface area contributed by atoms with Crippen molar-refractivity contribution in [3.8, 4) is 0 Å². The molecule has 0 aromatic carbocycles. The van der Waals surface area contributed by atoms with E-state index in [1.54, 1.807) is 6.26 Å². The van der Waals surface area contributed by atoms with Gasteiger partial charge in [-0.25, -0.2) is 0 Å². The van der Waals surface area contributed by atoms with E-state index in [1.165, 1.54) is 25.7 Å². The molecule has 1 saturated carbocycles. The summed E-state index contributed by atoms with van der Waals surface area (Å²) >= 11 is 0. The van der Waals surface area contributed by atoms with Gasteiger partial charge in [-0.15, -0.1) is 0 Å². The van der Waals surface area contributed by atoms with Gasteiger partial charge in [-0.3, -0.25) is 4.21 Å². The maximum Gasteiger partial charge on any atom is 0.0383 e. The average molecular weight is 231 g/mol. The van der Waals surface area contributed by atoms with Crippen LogP contribution in [0.25, 0.3) is 0 Å². The number of nitrogens with one attached hydrogen (secondary N) is 1. The highest BCUT2D eigenvalue weighted by molar-refractivity contribution is 7.84. The van der Waals surface area contributed by atoms with E-state index in [1.807, 2.05) is 0 Å². The van der Waals surface area contributed by atoms with Crippen LogP contribution in [0.1, 0.15) is 39.5 Å². The van der Waals surface area contributed by atoms with E-state index >= 15 is 0 Å². The third kappa shape index (κ3) is 5.67. The Morgan fingerprint density at radius 2 is 2.20 bits per heavy atom. The zero-order chi connectivity index (χ0) is 11.3. The van der Waals surface area contributed by atoms with Gasteiger partial charge in [0.1, 0.15) is 0 Å². The standard InChI is InChI=1S/C12H25NOS/c1-10-5-4-6-12(7-10)8-13-11(2)9-15(3)14/h10-13H,4-9H2,1-3H3. The first kappa shape index (κ1) is 13.2. The maximum atomic E-state index is 11.0. The molecule has 1 aliphatic rings. The van der Waals surface area contributed by atoms with E-state index < -0.39 is 10.8 Å². The van der Waals surface area contributed by atoms with E-state index in [4.69, 9.17) is 0 Å². The summed E-state index contributed by atoms with van der Waals surface area (Å²) in [5, 5.41) is 3.51. The summed E-state index contributed by atoms with van der Waals surface area (Å²) in [6.45, 7) is 5.60. The van der Waals surface area contributed by atoms with Crippen molar-refractivity contribution in [3.05, 3.63) is 0 Å². The number of hydrogen-bond acceptors (Lipinski definition) is 2. The van der Waals surface area contributed by atoms with Crippen molar-refractivity contribution < 1.29 is 4.21 Å². The van der Waals surface area contributed by atoms with Gasteiger partial charge in [-0.05, 0) is 38.1 Å². The molecule has 0 aliphatic heterocycles. The smallest absolute Gasteiger partial charge is 0.0383 e. The first-order valence-corrected chi connectivity index (χ1v) is 7.84. The topological polar surface area (TPSA) is 29.1 Å². The minimum atomic E-state index is -0.672. The van der Waals surface area contributed by atoms with Gasteiger partial charge in [0.15, 0.2) is 0 Å². The van der Waals surface area contributed by atoms with E-state index in [2.05, 4.69) is 19.2 Å². The summed E-state index contributed by atoms with van der Waals surface area (Å²) in [6.07, 6.45) is 7.32. The Hall–Kier alpha value is 0.110. The Kier molecular flexibility index (Phi) is 5.83. The molecule has 0 saturated heterocycles. The Balaban J connectivity index is 2.15. The van der Waals surface area contributed by atoms with Gasteiger partial charge in [0, 0.05) is 28.9 Å². The SMILES string of the molecule is CC1CCCC(CNC(C)CS(C)=O)C1. The summed E-state index contributed by atoms with van der Waals surface area (Å²) in [5.41, 5.74) is 0. The summed E-state index contributed by atoms with van der Waals surface area (Å²) < 4.78 is 11.0. The van der Waals surface area contributed by atoms with E-state index in [0.717, 1.165) is 24.1 Å². The van der Waals surface area contributed by atoms with Gasteiger partial charge in [0.05, 0.1) is 0 Å². The molecule has 1 rings (SSSR count). The number of rotatable bonds is 5. The molecular formula is C12H25NOS. The van der Waals surface area contributed by atoms with Crippen LogP contribution >= 0.6 is 0 Å². The highest BCUT2D eigenvalue weighted by Crippen LogP contribution is 2.27. The normalized spacial score (nSPS) is 31.1. The predicted octanol–water partition coefficient (Wildman–Crippen LogP) is 2.17. The maximum absolute atomic E-state index is 11.0. The first-order chi connectivity index (χ1) is 7.08. The molecule has 0 radical (unpaired) electrons. The Labute approximate surface area is 96.7 Å². The van der Waals surface area contributed by atoms with Gasteiger partial charge in [0.25, 0.3) is 0 Å². The number of hydrogen-bond donors (Lipinski definition) is 1. The predicted molar refractivity (Wildman–Crippen MR) is 67.5 cm³/mol. The second kappa shape index (κ2) is 6.64. The van der Waals surface area contributed by atoms with Crippen molar-refractivity contribution in [1.29, 1.82) is 0 Å². The van der Waals surface area contributed by atoms with Crippen LogP contribution in [0.4, 0.5) is 0 Å². The van der Waals surface area contributed by atoms with Crippen LogP contribution in [0.5, 0.6) is 0 Å². The molecule has 1 aliphatic carbocycles. The van der Waals surface area contributed by atoms with Crippen LogP contribution < -0.4 is 5.32 Å². The van der Waals surface area contributed by atoms with Crippen LogP contribution in [0.15, 0.2) is 0 Å². The molecular weight excluding hydrogens is 206 g/mol. The summed E-state index contributed by atoms with van der Waals surface area (Å²) in [6, 6.07) is 0.396. The summed E-state index contributed by atoms with van der Waals surface area (Å²) in [5.74, 6) is 2.53. The third-order valence-electron chi connectivity index (χ3n) is 3.28. The molecule has 0 aromatic rings. The lowest BCUT2D eigenvalue weighted by molar-refractivity contribution is 0.270. The highest BCUT2D eigenvalue weighted by atomic mass is 32.2. The monoisotopic (exact) mass is 231 g/mol. The fraction of sp³-hybridized carbons (Fsp3) is 1.00. The molecule has 4 unspecified atom stereocenters. The fourth-order valence-corrected chi connectivity index (χ4v) is 3.35. The van der Waals surface area contributed by atoms with Gasteiger partial charge in [0.2, 0.25) is 0 Å². The second-order valence-corrected chi connectivity index (χ2v) is 6.67. The third-order valence-corrected chi connectivity index (χ3v) is 4.25. The minimum absolute atomic E-state index is 0.396. The molecule has 1 N–H and O–H groups in total. The van der Waals surface area contributed by atoms with Crippen LogP contribution in [-0.2, 0) is 10.8 Å². The molecule has 4 atom stereocenters. The van der Waals surface area contributed by atoms with Crippen LogP contribution in [0.2, 0.25) is 0 Å². The van der Waals surface area contributed by atoms with Gasteiger partial charge < -0.3 is 5.32 Å². The average Bonchev–Trinajstić information content (AvgIpc) is 2.14. The summed E-state index contributed by atoms with van der Waals surface area (Å²) in [7, 11) is -0.672. The van der Waals surface area contributed by atoms with Gasteiger partial charge >= 0.3 is 0 Å². The molecule has 1 fully saturated rings. The lowest BCUT2D eigenvalue weighted by atomic mass is 9.82. The van der Waals surface area contributed by atoms with E-state index in [9.17, 15) is 4.21 Å². The van der Waals surface area contributed by atoms with Gasteiger partial charge in [-0.2, -0.15) is 0 Å². The quantitative estimate of drug-likeness (QED) is 0.785. The summed E-state index contributed by atoms with van der Waals surface area (Å²) in [4.78, 5) is 0. The van der Waals surface area contributed by atoms with Crippen molar-refractivity contribution in [2.75, 3.05) is 18.6 Å². The molecule has 0 aromatic heterocycles. The minimum Gasteiger partial charge on any atom is -0.313 e. The van der Waals surface area contributed by atoms with E-state index in [-0.39, 0.29) is 0 Å². The second-order valence-electron chi connectivity index (χ2n) is 5.19. The zero-order valence-corrected chi connectivity index (χ0v) is 11.1. The molecule has 0 spiro atoms. The highest BCUT2D eigenvalue weighted by Gasteiger charge is 2.19. The first-order valence-electron chi connectivity index (χ1n) is 6.11. The zero-order valence-electron chi connectivity index (χ0n) is 10.3. The van der Waals surface area contributed by atoms with E-state index in [0.29, 0.717) is 6.04 Å². The Morgan fingerprint density at radius 1 is 1.47 bits per heavy atom.